The molecule has 2 aliphatic rings. The van der Waals surface area contributed by atoms with E-state index < -0.39 is 15.4 Å². The molecule has 1 saturated heterocycles. The third-order valence-corrected chi connectivity index (χ3v) is 7.33. The number of piperazine rings is 1. The summed E-state index contributed by atoms with van der Waals surface area (Å²) >= 11 is 0. The molecule has 7 nitrogen and oxygen atoms in total. The predicted molar refractivity (Wildman–Crippen MR) is 113 cm³/mol. The van der Waals surface area contributed by atoms with E-state index in [-0.39, 0.29) is 16.7 Å². The quantitative estimate of drug-likeness (QED) is 0.761. The zero-order chi connectivity index (χ0) is 20.8. The molecule has 2 heterocycles. The third kappa shape index (κ3) is 3.54. The Morgan fingerprint density at radius 3 is 2.28 bits per heavy atom. The highest BCUT2D eigenvalue weighted by Crippen LogP contribution is 2.33. The van der Waals surface area contributed by atoms with Crippen molar-refractivity contribution in [1.82, 2.24) is 9.47 Å². The van der Waals surface area contributed by atoms with Crippen molar-refractivity contribution in [2.75, 3.05) is 37.3 Å². The van der Waals surface area contributed by atoms with Crippen LogP contribution < -0.4 is 10.5 Å². The molecule has 156 valence electrons. The molecule has 0 spiro atoms. The molecule has 2 aromatic rings. The fourth-order valence-electron chi connectivity index (χ4n) is 4.68. The molecular formula is C21H27N3O4S. The van der Waals surface area contributed by atoms with E-state index in [1.165, 1.54) is 4.57 Å². The van der Waals surface area contributed by atoms with Gasteiger partial charge in [0.05, 0.1) is 11.2 Å². The van der Waals surface area contributed by atoms with E-state index in [1.807, 2.05) is 34.1 Å². The molecular weight excluding hydrogens is 390 g/mol. The molecule has 0 unspecified atom stereocenters. The maximum Gasteiger partial charge on any atom is 0.271 e. The number of fused-ring (bicyclic) bond motifs is 1. The van der Waals surface area contributed by atoms with Gasteiger partial charge in [-0.3, -0.25) is 9.59 Å². The van der Waals surface area contributed by atoms with E-state index in [0.29, 0.717) is 37.4 Å². The van der Waals surface area contributed by atoms with Crippen molar-refractivity contribution < 1.29 is 13.2 Å². The second-order valence-corrected chi connectivity index (χ2v) is 10.1. The molecule has 0 bridgehead atoms. The first kappa shape index (κ1) is 19.9. The summed E-state index contributed by atoms with van der Waals surface area (Å²) in [5.74, 6) is 0.359. The minimum Gasteiger partial charge on any atom is -0.366 e. The molecule has 4 rings (SSSR count). The van der Waals surface area contributed by atoms with Crippen LogP contribution in [0.3, 0.4) is 0 Å². The maximum absolute atomic E-state index is 12.9. The Morgan fingerprint density at radius 1 is 1.03 bits per heavy atom. The van der Waals surface area contributed by atoms with Gasteiger partial charge in [0.25, 0.3) is 5.56 Å². The summed E-state index contributed by atoms with van der Waals surface area (Å²) in [6, 6.07) is 7.37. The van der Waals surface area contributed by atoms with Crippen molar-refractivity contribution in [1.29, 1.82) is 0 Å². The van der Waals surface area contributed by atoms with Crippen LogP contribution in [0.15, 0.2) is 34.0 Å². The molecule has 1 saturated carbocycles. The summed E-state index contributed by atoms with van der Waals surface area (Å²) in [4.78, 5) is 29.4. The highest BCUT2D eigenvalue weighted by atomic mass is 32.2. The first-order chi connectivity index (χ1) is 13.8. The van der Waals surface area contributed by atoms with Gasteiger partial charge in [-0.2, -0.15) is 0 Å². The minimum absolute atomic E-state index is 0.137. The van der Waals surface area contributed by atoms with Gasteiger partial charge in [0.15, 0.2) is 14.7 Å². The minimum atomic E-state index is -3.73. The highest BCUT2D eigenvalue weighted by molar-refractivity contribution is 7.90. The van der Waals surface area contributed by atoms with Gasteiger partial charge in [-0.15, -0.1) is 0 Å². The van der Waals surface area contributed by atoms with Gasteiger partial charge in [-0.05, 0) is 18.9 Å². The lowest BCUT2D eigenvalue weighted by Gasteiger charge is -2.38. The summed E-state index contributed by atoms with van der Waals surface area (Å²) in [5, 5.41) is 0.741. The number of aryl methyl sites for hydroxylation is 1. The highest BCUT2D eigenvalue weighted by Gasteiger charge is 2.32. The fourth-order valence-corrected chi connectivity index (χ4v) is 5.73. The van der Waals surface area contributed by atoms with Gasteiger partial charge in [0.1, 0.15) is 0 Å². The van der Waals surface area contributed by atoms with Crippen LogP contribution in [0.25, 0.3) is 10.9 Å². The van der Waals surface area contributed by atoms with Gasteiger partial charge in [-0.1, -0.05) is 31.0 Å². The number of pyridine rings is 1. The molecule has 1 amide bonds. The molecule has 1 aromatic heterocycles. The number of carbonyl (C=O) groups is 1. The number of hydrogen-bond acceptors (Lipinski definition) is 5. The second kappa shape index (κ2) is 7.48. The second-order valence-electron chi connectivity index (χ2n) is 8.12. The van der Waals surface area contributed by atoms with Crippen molar-refractivity contribution >= 4 is 32.3 Å². The van der Waals surface area contributed by atoms with Crippen molar-refractivity contribution in [3.63, 3.8) is 0 Å². The SMILES string of the molecule is Cn1c(=O)c(S(C)(=O)=O)c(N2CCN(C(=O)C3CCCC3)CC2)c2ccccc21. The number of benzene rings is 1. The zero-order valence-electron chi connectivity index (χ0n) is 16.9. The van der Waals surface area contributed by atoms with Crippen LogP contribution in [-0.4, -0.2) is 56.2 Å². The van der Waals surface area contributed by atoms with Crippen LogP contribution in [-0.2, 0) is 21.7 Å². The van der Waals surface area contributed by atoms with Crippen LogP contribution in [0.1, 0.15) is 25.7 Å². The van der Waals surface area contributed by atoms with Crippen LogP contribution in [0.5, 0.6) is 0 Å². The number of para-hydroxylation sites is 1. The number of nitrogens with zero attached hydrogens (tertiary/aromatic N) is 3. The van der Waals surface area contributed by atoms with Gasteiger partial charge in [-0.25, -0.2) is 8.42 Å². The van der Waals surface area contributed by atoms with Crippen molar-refractivity contribution in [3.8, 4) is 0 Å². The first-order valence-corrected chi connectivity index (χ1v) is 12.0. The van der Waals surface area contributed by atoms with Crippen molar-refractivity contribution in [3.05, 3.63) is 34.6 Å². The summed E-state index contributed by atoms with van der Waals surface area (Å²) in [6.07, 6.45) is 5.26. The summed E-state index contributed by atoms with van der Waals surface area (Å²) in [6.45, 7) is 2.11. The third-order valence-electron chi connectivity index (χ3n) is 6.22. The van der Waals surface area contributed by atoms with E-state index in [0.717, 1.165) is 37.3 Å². The predicted octanol–water partition coefficient (Wildman–Crippen LogP) is 1.78. The van der Waals surface area contributed by atoms with E-state index in [9.17, 15) is 18.0 Å². The van der Waals surface area contributed by atoms with Crippen LogP contribution in [0.4, 0.5) is 5.69 Å². The van der Waals surface area contributed by atoms with E-state index in [1.54, 1.807) is 7.05 Å². The summed E-state index contributed by atoms with van der Waals surface area (Å²) in [7, 11) is -2.13. The Balaban J connectivity index is 1.72. The Bertz CT molecular complexity index is 1110. The fraction of sp³-hybridized carbons (Fsp3) is 0.524. The topological polar surface area (TPSA) is 79.7 Å². The molecule has 1 aliphatic heterocycles. The van der Waals surface area contributed by atoms with E-state index in [2.05, 4.69) is 0 Å². The van der Waals surface area contributed by atoms with Gasteiger partial charge >= 0.3 is 0 Å². The smallest absolute Gasteiger partial charge is 0.271 e. The van der Waals surface area contributed by atoms with Gasteiger partial charge < -0.3 is 14.4 Å². The average molecular weight is 418 g/mol. The molecule has 2 fully saturated rings. The lowest BCUT2D eigenvalue weighted by molar-refractivity contribution is -0.135. The molecule has 1 aromatic carbocycles. The number of anilines is 1. The number of hydrogen-bond donors (Lipinski definition) is 0. The Kier molecular flexibility index (Phi) is 5.14. The van der Waals surface area contributed by atoms with Crippen molar-refractivity contribution in [2.45, 2.75) is 30.6 Å². The lowest BCUT2D eigenvalue weighted by Crippen LogP contribution is -2.51. The normalized spacial score (nSPS) is 18.6. The first-order valence-electron chi connectivity index (χ1n) is 10.1. The number of sulfone groups is 1. The number of aromatic nitrogens is 1. The molecule has 0 atom stereocenters. The molecule has 1 aliphatic carbocycles. The van der Waals surface area contributed by atoms with Crippen LogP contribution in [0.2, 0.25) is 0 Å². The van der Waals surface area contributed by atoms with Crippen molar-refractivity contribution in [2.24, 2.45) is 13.0 Å². The summed E-state index contributed by atoms with van der Waals surface area (Å²) in [5.41, 5.74) is 0.661. The molecule has 0 N–H and O–H groups in total. The van der Waals surface area contributed by atoms with Gasteiger partial charge in [0.2, 0.25) is 5.91 Å². The zero-order valence-corrected chi connectivity index (χ0v) is 17.7. The number of rotatable bonds is 3. The van der Waals surface area contributed by atoms with E-state index in [4.69, 9.17) is 0 Å². The molecule has 29 heavy (non-hydrogen) atoms. The van der Waals surface area contributed by atoms with Gasteiger partial charge in [0, 0.05) is 50.8 Å². The summed E-state index contributed by atoms with van der Waals surface area (Å²) < 4.78 is 26.5. The van der Waals surface area contributed by atoms with E-state index >= 15 is 0 Å². The average Bonchev–Trinajstić information content (AvgIpc) is 3.24. The maximum atomic E-state index is 12.9. The largest absolute Gasteiger partial charge is 0.366 e. The molecule has 8 heteroatoms. The standard InChI is InChI=1S/C21H27N3O4S/c1-22-17-10-6-5-9-16(17)18(19(21(22)26)29(2,27)28)23-11-13-24(14-12-23)20(25)15-7-3-4-8-15/h5-6,9-10,15H,3-4,7-8,11-14H2,1-2H3. The Morgan fingerprint density at radius 2 is 1.66 bits per heavy atom. The molecule has 0 radical (unpaired) electrons. The number of carbonyl (C=O) groups excluding carboxylic acids is 1. The van der Waals surface area contributed by atoms with Crippen LogP contribution in [0, 0.1) is 5.92 Å². The number of amides is 1. The lowest BCUT2D eigenvalue weighted by atomic mass is 10.1. The van der Waals surface area contributed by atoms with Crippen LogP contribution >= 0.6 is 0 Å². The Hall–Kier alpha value is -2.35. The Labute approximate surface area is 170 Å². The monoisotopic (exact) mass is 417 g/mol.